The van der Waals surface area contributed by atoms with Crippen LogP contribution >= 0.6 is 0 Å². The monoisotopic (exact) mass is 261 g/mol. The Kier molecular flexibility index (Phi) is 3.64. The maximum absolute atomic E-state index is 12.4. The van der Waals surface area contributed by atoms with Crippen LogP contribution in [0, 0.1) is 6.92 Å². The van der Waals surface area contributed by atoms with Crippen LogP contribution in [0.4, 0.5) is 5.69 Å². The molecule has 0 aliphatic heterocycles. The second-order valence-electron chi connectivity index (χ2n) is 4.62. The van der Waals surface area contributed by atoms with E-state index in [1.807, 2.05) is 30.5 Å². The number of furan rings is 1. The van der Waals surface area contributed by atoms with Crippen molar-refractivity contribution in [3.63, 3.8) is 0 Å². The molecule has 102 valence electrons. The molecule has 0 bridgehead atoms. The highest BCUT2D eigenvalue weighted by atomic mass is 16.3. The fraction of sp³-hybridized carbons (Fsp3) is 0.357. The summed E-state index contributed by atoms with van der Waals surface area (Å²) < 4.78 is 7.33. The van der Waals surface area contributed by atoms with Crippen molar-refractivity contribution < 1.29 is 9.21 Å². The Balaban J connectivity index is 2.14. The van der Waals surface area contributed by atoms with Crippen LogP contribution in [0.5, 0.6) is 0 Å². The third-order valence-electron chi connectivity index (χ3n) is 3.01. The van der Waals surface area contributed by atoms with Gasteiger partial charge in [-0.3, -0.25) is 4.79 Å². The van der Waals surface area contributed by atoms with Crippen molar-refractivity contribution in [1.82, 2.24) is 9.47 Å². The van der Waals surface area contributed by atoms with Crippen LogP contribution < -0.4 is 5.73 Å². The summed E-state index contributed by atoms with van der Waals surface area (Å²) in [5.74, 6) is 1.56. The quantitative estimate of drug-likeness (QED) is 0.918. The summed E-state index contributed by atoms with van der Waals surface area (Å²) in [4.78, 5) is 14.0. The van der Waals surface area contributed by atoms with E-state index in [4.69, 9.17) is 10.2 Å². The number of hydrogen-bond donors (Lipinski definition) is 1. The molecular weight excluding hydrogens is 242 g/mol. The lowest BCUT2D eigenvalue weighted by molar-refractivity contribution is 0.0764. The van der Waals surface area contributed by atoms with Crippen molar-refractivity contribution in [2.75, 3.05) is 12.8 Å². The summed E-state index contributed by atoms with van der Waals surface area (Å²) in [6.07, 6.45) is 1.78. The molecule has 19 heavy (non-hydrogen) atoms. The van der Waals surface area contributed by atoms with Gasteiger partial charge in [0.25, 0.3) is 5.91 Å². The zero-order chi connectivity index (χ0) is 14.0. The first-order chi connectivity index (χ1) is 9.01. The van der Waals surface area contributed by atoms with Crippen LogP contribution in [0.15, 0.2) is 28.8 Å². The van der Waals surface area contributed by atoms with E-state index >= 15 is 0 Å². The largest absolute Gasteiger partial charge is 0.464 e. The number of aromatic nitrogens is 1. The van der Waals surface area contributed by atoms with E-state index in [1.54, 1.807) is 24.2 Å². The molecule has 0 aromatic carbocycles. The van der Waals surface area contributed by atoms with Gasteiger partial charge in [-0.1, -0.05) is 0 Å². The van der Waals surface area contributed by atoms with E-state index in [-0.39, 0.29) is 5.91 Å². The molecule has 2 N–H and O–H groups in total. The summed E-state index contributed by atoms with van der Waals surface area (Å²) in [5, 5.41) is 0. The number of hydrogen-bond acceptors (Lipinski definition) is 3. The minimum absolute atomic E-state index is 0.0624. The van der Waals surface area contributed by atoms with Gasteiger partial charge in [0.05, 0.1) is 12.2 Å². The average Bonchev–Trinajstić information content (AvgIpc) is 2.94. The van der Waals surface area contributed by atoms with Crippen LogP contribution in [0.25, 0.3) is 0 Å². The molecule has 0 spiro atoms. The van der Waals surface area contributed by atoms with Crippen LogP contribution in [0.2, 0.25) is 0 Å². The normalized spacial score (nSPS) is 10.7. The number of anilines is 1. The molecule has 2 rings (SSSR count). The summed E-state index contributed by atoms with van der Waals surface area (Å²) in [7, 11) is 1.75. The van der Waals surface area contributed by atoms with Gasteiger partial charge in [-0.25, -0.2) is 0 Å². The molecule has 0 aliphatic carbocycles. The maximum Gasteiger partial charge on any atom is 0.270 e. The number of rotatable bonds is 4. The Hall–Kier alpha value is -2.17. The number of carbonyl (C=O) groups excluding carboxylic acids is 1. The van der Waals surface area contributed by atoms with Gasteiger partial charge in [0.1, 0.15) is 17.2 Å². The van der Waals surface area contributed by atoms with E-state index in [1.165, 1.54) is 0 Å². The number of nitrogens with zero attached hydrogens (tertiary/aromatic N) is 2. The summed E-state index contributed by atoms with van der Waals surface area (Å²) in [6, 6.07) is 5.47. The van der Waals surface area contributed by atoms with Crippen molar-refractivity contribution in [3.8, 4) is 0 Å². The summed E-state index contributed by atoms with van der Waals surface area (Å²) in [6.45, 7) is 5.02. The number of carbonyl (C=O) groups is 1. The highest BCUT2D eigenvalue weighted by Crippen LogP contribution is 2.15. The Morgan fingerprint density at radius 1 is 1.47 bits per heavy atom. The second kappa shape index (κ2) is 5.22. The highest BCUT2D eigenvalue weighted by Gasteiger charge is 2.17. The van der Waals surface area contributed by atoms with Gasteiger partial charge in [-0.05, 0) is 32.0 Å². The molecule has 0 fully saturated rings. The lowest BCUT2D eigenvalue weighted by Crippen LogP contribution is -2.28. The lowest BCUT2D eigenvalue weighted by atomic mass is 10.3. The van der Waals surface area contributed by atoms with Crippen molar-refractivity contribution >= 4 is 11.6 Å². The SMILES string of the molecule is CCn1cc(N)cc1C(=O)N(C)Cc1ccc(C)o1. The van der Waals surface area contributed by atoms with E-state index in [2.05, 4.69) is 0 Å². The first-order valence-electron chi connectivity index (χ1n) is 6.27. The zero-order valence-corrected chi connectivity index (χ0v) is 11.5. The van der Waals surface area contributed by atoms with E-state index < -0.39 is 0 Å². The van der Waals surface area contributed by atoms with Crippen molar-refractivity contribution in [1.29, 1.82) is 0 Å². The van der Waals surface area contributed by atoms with Gasteiger partial charge in [-0.2, -0.15) is 0 Å². The molecule has 0 atom stereocenters. The second-order valence-corrected chi connectivity index (χ2v) is 4.62. The Bertz CT molecular complexity index is 583. The molecule has 0 aliphatic rings. The average molecular weight is 261 g/mol. The first-order valence-corrected chi connectivity index (χ1v) is 6.27. The topological polar surface area (TPSA) is 64.4 Å². The van der Waals surface area contributed by atoms with Crippen LogP contribution in [-0.4, -0.2) is 22.4 Å². The van der Waals surface area contributed by atoms with Crippen LogP contribution in [-0.2, 0) is 13.1 Å². The van der Waals surface area contributed by atoms with E-state index in [0.717, 1.165) is 11.5 Å². The van der Waals surface area contributed by atoms with Gasteiger partial charge < -0.3 is 19.6 Å². The lowest BCUT2D eigenvalue weighted by Gasteiger charge is -2.16. The molecule has 0 radical (unpaired) electrons. The minimum atomic E-state index is -0.0624. The molecule has 0 saturated carbocycles. The molecule has 2 aromatic rings. The molecule has 5 nitrogen and oxygen atoms in total. The molecule has 0 saturated heterocycles. The number of nitrogens with two attached hydrogens (primary N) is 1. The number of nitrogen functional groups attached to an aromatic ring is 1. The predicted octanol–water partition coefficient (Wildman–Crippen LogP) is 2.26. The van der Waals surface area contributed by atoms with Gasteiger partial charge in [0.2, 0.25) is 0 Å². The number of aryl methyl sites for hydroxylation is 2. The van der Waals surface area contributed by atoms with Crippen molar-refractivity contribution in [2.45, 2.75) is 26.9 Å². The molecule has 0 unspecified atom stereocenters. The number of amides is 1. The third-order valence-corrected chi connectivity index (χ3v) is 3.01. The molecular formula is C14H19N3O2. The molecule has 2 aromatic heterocycles. The predicted molar refractivity (Wildman–Crippen MR) is 73.8 cm³/mol. The molecule has 5 heteroatoms. The van der Waals surface area contributed by atoms with Gasteiger partial charge in [-0.15, -0.1) is 0 Å². The Morgan fingerprint density at radius 3 is 2.79 bits per heavy atom. The van der Waals surface area contributed by atoms with Gasteiger partial charge >= 0.3 is 0 Å². The minimum Gasteiger partial charge on any atom is -0.464 e. The van der Waals surface area contributed by atoms with Crippen LogP contribution in [0.1, 0.15) is 28.9 Å². The van der Waals surface area contributed by atoms with Crippen molar-refractivity contribution in [2.24, 2.45) is 0 Å². The fourth-order valence-electron chi connectivity index (χ4n) is 2.04. The summed E-state index contributed by atoms with van der Waals surface area (Å²) in [5.41, 5.74) is 6.95. The zero-order valence-electron chi connectivity index (χ0n) is 11.5. The van der Waals surface area contributed by atoms with Crippen LogP contribution in [0.3, 0.4) is 0 Å². The third kappa shape index (κ3) is 2.81. The standard InChI is InChI=1S/C14H19N3O2/c1-4-17-8-11(15)7-13(17)14(18)16(3)9-12-6-5-10(2)19-12/h5-8H,4,9,15H2,1-3H3. The fourth-order valence-corrected chi connectivity index (χ4v) is 2.04. The first kappa shape index (κ1) is 13.3. The Morgan fingerprint density at radius 2 is 2.21 bits per heavy atom. The summed E-state index contributed by atoms with van der Waals surface area (Å²) >= 11 is 0. The highest BCUT2D eigenvalue weighted by molar-refractivity contribution is 5.93. The van der Waals surface area contributed by atoms with Crippen molar-refractivity contribution in [3.05, 3.63) is 41.6 Å². The molecule has 2 heterocycles. The Labute approximate surface area is 112 Å². The van der Waals surface area contributed by atoms with E-state index in [0.29, 0.717) is 24.5 Å². The molecule has 1 amide bonds. The maximum atomic E-state index is 12.4. The van der Waals surface area contributed by atoms with Gasteiger partial charge in [0.15, 0.2) is 0 Å². The van der Waals surface area contributed by atoms with E-state index in [9.17, 15) is 4.79 Å². The van der Waals surface area contributed by atoms with Gasteiger partial charge in [0, 0.05) is 19.8 Å². The smallest absolute Gasteiger partial charge is 0.270 e.